The summed E-state index contributed by atoms with van der Waals surface area (Å²) in [4.78, 5) is 2.45. The minimum Gasteiger partial charge on any atom is -0.397 e. The van der Waals surface area contributed by atoms with E-state index in [0.717, 1.165) is 12.2 Å². The Kier molecular flexibility index (Phi) is 3.64. The molecule has 2 nitrogen and oxygen atoms in total. The Morgan fingerprint density at radius 3 is 2.47 bits per heavy atom. The van der Waals surface area contributed by atoms with E-state index >= 15 is 0 Å². The van der Waals surface area contributed by atoms with Crippen molar-refractivity contribution in [2.45, 2.75) is 25.4 Å². The van der Waals surface area contributed by atoms with Crippen molar-refractivity contribution in [1.29, 1.82) is 0 Å². The lowest BCUT2D eigenvalue weighted by Gasteiger charge is -2.26. The second-order valence-electron chi connectivity index (χ2n) is 5.05. The first-order valence-electron chi connectivity index (χ1n) is 6.59. The van der Waals surface area contributed by atoms with Gasteiger partial charge in [0.1, 0.15) is 0 Å². The van der Waals surface area contributed by atoms with Crippen LogP contribution in [0.25, 0.3) is 0 Å². The highest BCUT2D eigenvalue weighted by molar-refractivity contribution is 14.1. The van der Waals surface area contributed by atoms with E-state index < -0.39 is 0 Å². The first kappa shape index (κ1) is 12.8. The smallest absolute Gasteiger partial charge is 0.0606 e. The third kappa shape index (κ3) is 3.03. The van der Waals surface area contributed by atoms with Crippen molar-refractivity contribution in [3.8, 4) is 0 Å². The van der Waals surface area contributed by atoms with Crippen LogP contribution in [0.3, 0.4) is 0 Å². The van der Waals surface area contributed by atoms with Crippen molar-refractivity contribution in [1.82, 2.24) is 0 Å². The molecule has 0 heterocycles. The van der Waals surface area contributed by atoms with Gasteiger partial charge in [-0.05, 0) is 59.2 Å². The number of nitrogen functional groups attached to an aromatic ring is 1. The molecule has 0 spiro atoms. The van der Waals surface area contributed by atoms with Gasteiger partial charge in [-0.2, -0.15) is 0 Å². The highest BCUT2D eigenvalue weighted by Gasteiger charge is 2.30. The first-order valence-corrected chi connectivity index (χ1v) is 7.67. The minimum absolute atomic E-state index is 0.655. The maximum Gasteiger partial charge on any atom is 0.0606 e. The van der Waals surface area contributed by atoms with E-state index in [4.69, 9.17) is 5.73 Å². The van der Waals surface area contributed by atoms with Gasteiger partial charge in [0.2, 0.25) is 0 Å². The van der Waals surface area contributed by atoms with Gasteiger partial charge in [-0.1, -0.05) is 30.3 Å². The zero-order valence-electron chi connectivity index (χ0n) is 10.7. The van der Waals surface area contributed by atoms with Crippen LogP contribution in [-0.2, 0) is 6.54 Å². The van der Waals surface area contributed by atoms with Crippen molar-refractivity contribution in [3.05, 3.63) is 57.7 Å². The molecule has 0 saturated heterocycles. The molecule has 0 aliphatic heterocycles. The van der Waals surface area contributed by atoms with Crippen molar-refractivity contribution in [2.75, 3.05) is 10.6 Å². The summed E-state index contributed by atoms with van der Waals surface area (Å²) < 4.78 is 1.19. The highest BCUT2D eigenvalue weighted by atomic mass is 127. The zero-order valence-corrected chi connectivity index (χ0v) is 12.9. The topological polar surface area (TPSA) is 29.3 Å². The molecule has 2 N–H and O–H groups in total. The molecule has 1 aliphatic rings. The fourth-order valence-electron chi connectivity index (χ4n) is 2.36. The predicted octanol–water partition coefficient (Wildman–Crippen LogP) is 4.04. The highest BCUT2D eigenvalue weighted by Crippen LogP contribution is 2.36. The molecule has 98 valence electrons. The summed E-state index contributed by atoms with van der Waals surface area (Å²) >= 11 is 2.30. The number of nitrogens with two attached hydrogens (primary N) is 1. The Labute approximate surface area is 127 Å². The lowest BCUT2D eigenvalue weighted by atomic mass is 10.1. The standard InChI is InChI=1S/C16H17IN2/c17-13-6-9-16(15(18)10-13)19(14-7-8-14)11-12-4-2-1-3-5-12/h1-6,9-10,14H,7-8,11,18H2. The van der Waals surface area contributed by atoms with Gasteiger partial charge < -0.3 is 10.6 Å². The van der Waals surface area contributed by atoms with E-state index in [1.165, 1.54) is 27.7 Å². The van der Waals surface area contributed by atoms with Crippen LogP contribution in [0.4, 0.5) is 11.4 Å². The van der Waals surface area contributed by atoms with Crippen LogP contribution in [0.1, 0.15) is 18.4 Å². The van der Waals surface area contributed by atoms with E-state index in [-0.39, 0.29) is 0 Å². The van der Waals surface area contributed by atoms with E-state index in [0.29, 0.717) is 6.04 Å². The van der Waals surface area contributed by atoms with Crippen LogP contribution in [0.5, 0.6) is 0 Å². The Balaban J connectivity index is 1.89. The number of anilines is 2. The van der Waals surface area contributed by atoms with Crippen LogP contribution in [-0.4, -0.2) is 6.04 Å². The predicted molar refractivity (Wildman–Crippen MR) is 89.2 cm³/mol. The van der Waals surface area contributed by atoms with Crippen LogP contribution >= 0.6 is 22.6 Å². The molecule has 1 aliphatic carbocycles. The maximum absolute atomic E-state index is 6.20. The average Bonchev–Trinajstić information content (AvgIpc) is 3.22. The van der Waals surface area contributed by atoms with Gasteiger partial charge in [0.25, 0.3) is 0 Å². The lowest BCUT2D eigenvalue weighted by molar-refractivity contribution is 0.796. The molecular formula is C16H17IN2. The summed E-state index contributed by atoms with van der Waals surface area (Å²) in [6.45, 7) is 0.941. The number of benzene rings is 2. The van der Waals surface area contributed by atoms with Crippen molar-refractivity contribution in [2.24, 2.45) is 0 Å². The SMILES string of the molecule is Nc1cc(I)ccc1N(Cc1ccccc1)C1CC1. The number of rotatable bonds is 4. The molecule has 0 amide bonds. The van der Waals surface area contributed by atoms with E-state index in [1.807, 2.05) is 0 Å². The van der Waals surface area contributed by atoms with Crippen LogP contribution < -0.4 is 10.6 Å². The lowest BCUT2D eigenvalue weighted by Crippen LogP contribution is -2.25. The molecule has 0 radical (unpaired) electrons. The third-order valence-corrected chi connectivity index (χ3v) is 4.15. The third-order valence-electron chi connectivity index (χ3n) is 3.48. The normalized spacial score (nSPS) is 14.4. The number of hydrogen-bond donors (Lipinski definition) is 1. The molecule has 3 rings (SSSR count). The van der Waals surface area contributed by atoms with Crippen LogP contribution in [0.2, 0.25) is 0 Å². The quantitative estimate of drug-likeness (QED) is 0.655. The summed E-state index contributed by atoms with van der Waals surface area (Å²) in [6.07, 6.45) is 2.55. The zero-order chi connectivity index (χ0) is 13.2. The Bertz CT molecular complexity index is 564. The molecular weight excluding hydrogens is 347 g/mol. The van der Waals surface area contributed by atoms with Crippen LogP contribution in [0, 0.1) is 3.57 Å². The largest absolute Gasteiger partial charge is 0.397 e. The molecule has 1 fully saturated rings. The van der Waals surface area contributed by atoms with Crippen molar-refractivity contribution >= 4 is 34.0 Å². The Morgan fingerprint density at radius 1 is 1.11 bits per heavy atom. The van der Waals surface area contributed by atoms with Crippen LogP contribution in [0.15, 0.2) is 48.5 Å². The molecule has 0 unspecified atom stereocenters. The van der Waals surface area contributed by atoms with Gasteiger partial charge in [0.15, 0.2) is 0 Å². The molecule has 0 aromatic heterocycles. The maximum atomic E-state index is 6.20. The van der Waals surface area contributed by atoms with Gasteiger partial charge in [0, 0.05) is 16.2 Å². The first-order chi connectivity index (χ1) is 9.24. The fourth-order valence-corrected chi connectivity index (χ4v) is 2.88. The fraction of sp³-hybridized carbons (Fsp3) is 0.250. The minimum atomic E-state index is 0.655. The summed E-state index contributed by atoms with van der Waals surface area (Å²) in [5, 5.41) is 0. The van der Waals surface area contributed by atoms with E-state index in [1.54, 1.807) is 0 Å². The summed E-state index contributed by atoms with van der Waals surface area (Å²) in [7, 11) is 0. The van der Waals surface area contributed by atoms with Gasteiger partial charge in [-0.15, -0.1) is 0 Å². The average molecular weight is 364 g/mol. The molecule has 19 heavy (non-hydrogen) atoms. The summed E-state index contributed by atoms with van der Waals surface area (Å²) in [6, 6.07) is 17.6. The summed E-state index contributed by atoms with van der Waals surface area (Å²) in [5.41, 5.74) is 9.59. The number of hydrogen-bond acceptors (Lipinski definition) is 2. The van der Waals surface area contributed by atoms with E-state index in [9.17, 15) is 0 Å². The molecule has 0 bridgehead atoms. The van der Waals surface area contributed by atoms with Crippen molar-refractivity contribution in [3.63, 3.8) is 0 Å². The Hall–Kier alpha value is -1.23. The van der Waals surface area contributed by atoms with Crippen molar-refractivity contribution < 1.29 is 0 Å². The molecule has 2 aromatic carbocycles. The monoisotopic (exact) mass is 364 g/mol. The second kappa shape index (κ2) is 5.41. The number of nitrogens with zero attached hydrogens (tertiary/aromatic N) is 1. The van der Waals surface area contributed by atoms with E-state index in [2.05, 4.69) is 76.0 Å². The number of halogens is 1. The van der Waals surface area contributed by atoms with Gasteiger partial charge >= 0.3 is 0 Å². The molecule has 1 saturated carbocycles. The second-order valence-corrected chi connectivity index (χ2v) is 6.29. The van der Waals surface area contributed by atoms with Gasteiger partial charge in [0.05, 0.1) is 11.4 Å². The molecule has 2 aromatic rings. The van der Waals surface area contributed by atoms with Gasteiger partial charge in [-0.3, -0.25) is 0 Å². The Morgan fingerprint density at radius 2 is 1.84 bits per heavy atom. The molecule has 0 atom stereocenters. The summed E-state index contributed by atoms with van der Waals surface area (Å²) in [5.74, 6) is 0. The van der Waals surface area contributed by atoms with Gasteiger partial charge in [-0.25, -0.2) is 0 Å². The molecule has 3 heteroatoms.